The van der Waals surface area contributed by atoms with E-state index in [0.29, 0.717) is 16.7 Å². The van der Waals surface area contributed by atoms with Gasteiger partial charge in [-0.05, 0) is 35.7 Å². The first kappa shape index (κ1) is 21.9. The van der Waals surface area contributed by atoms with E-state index in [1.165, 1.54) is 0 Å². The smallest absolute Gasteiger partial charge is 0.247 e. The SMILES string of the molecule is CCc1ccc(-c2ccc(Cl)cc2)cc1[P+](OC(C)=O)(OC(C)=O)OC(C)=O. The van der Waals surface area contributed by atoms with Crippen LogP contribution < -0.4 is 5.30 Å². The molecule has 6 nitrogen and oxygen atoms in total. The molecule has 2 aromatic carbocycles. The Kier molecular flexibility index (Phi) is 7.17. The van der Waals surface area contributed by atoms with E-state index >= 15 is 0 Å². The van der Waals surface area contributed by atoms with Crippen molar-refractivity contribution in [3.8, 4) is 11.1 Å². The minimum atomic E-state index is -3.80. The summed E-state index contributed by atoms with van der Waals surface area (Å²) >= 11 is 5.96. The molecule has 148 valence electrons. The normalized spacial score (nSPS) is 10.9. The van der Waals surface area contributed by atoms with E-state index in [4.69, 9.17) is 25.2 Å². The lowest BCUT2D eigenvalue weighted by molar-refractivity contribution is -0.140. The van der Waals surface area contributed by atoms with Crippen molar-refractivity contribution >= 4 is 42.8 Å². The van der Waals surface area contributed by atoms with E-state index in [2.05, 4.69) is 0 Å². The summed E-state index contributed by atoms with van der Waals surface area (Å²) < 4.78 is 16.1. The molecule has 2 rings (SSSR count). The van der Waals surface area contributed by atoms with Crippen LogP contribution >= 0.6 is 19.5 Å². The number of carbonyl (C=O) groups is 3. The fraction of sp³-hybridized carbons (Fsp3) is 0.250. The summed E-state index contributed by atoms with van der Waals surface area (Å²) in [5.74, 6) is -2.18. The molecule has 0 aliphatic heterocycles. The molecule has 0 unspecified atom stereocenters. The molecule has 8 heteroatoms. The second-order valence-corrected chi connectivity index (χ2v) is 8.41. The molecule has 0 atom stereocenters. The van der Waals surface area contributed by atoms with Gasteiger partial charge in [-0.1, -0.05) is 42.8 Å². The van der Waals surface area contributed by atoms with E-state index < -0.39 is 25.9 Å². The molecule has 0 saturated heterocycles. The molecule has 28 heavy (non-hydrogen) atoms. The number of rotatable bonds is 6. The lowest BCUT2D eigenvalue weighted by Gasteiger charge is -2.20. The standard InChI is InChI=1S/C20H21ClO6P/c1-5-16-6-7-18(17-8-10-19(21)11-9-17)12-20(16)28(25-13(2)22,26-14(3)23)27-15(4)24/h6-12H,5H2,1-4H3/q+1. The van der Waals surface area contributed by atoms with E-state index in [-0.39, 0.29) is 0 Å². The van der Waals surface area contributed by atoms with Crippen LogP contribution in [0, 0.1) is 0 Å². The van der Waals surface area contributed by atoms with Gasteiger partial charge in [-0.2, -0.15) is 0 Å². The molecule has 0 heterocycles. The van der Waals surface area contributed by atoms with Crippen molar-refractivity contribution in [3.63, 3.8) is 0 Å². The number of hydrogen-bond acceptors (Lipinski definition) is 6. The van der Waals surface area contributed by atoms with Crippen LogP contribution in [0.4, 0.5) is 0 Å². The predicted molar refractivity (Wildman–Crippen MR) is 108 cm³/mol. The molecular weight excluding hydrogens is 403 g/mol. The van der Waals surface area contributed by atoms with Crippen molar-refractivity contribution in [1.29, 1.82) is 0 Å². The average molecular weight is 424 g/mol. The highest BCUT2D eigenvalue weighted by molar-refractivity contribution is 7.71. The van der Waals surface area contributed by atoms with Gasteiger partial charge in [0.2, 0.25) is 5.30 Å². The lowest BCUT2D eigenvalue weighted by atomic mass is 10.0. The Morgan fingerprint density at radius 1 is 0.821 bits per heavy atom. The Bertz CT molecular complexity index is 853. The van der Waals surface area contributed by atoms with Crippen LogP contribution in [0.5, 0.6) is 0 Å². The lowest BCUT2D eigenvalue weighted by Crippen LogP contribution is -2.27. The van der Waals surface area contributed by atoms with Gasteiger partial charge in [0.25, 0.3) is 0 Å². The second-order valence-electron chi connectivity index (χ2n) is 5.95. The van der Waals surface area contributed by atoms with E-state index in [1.54, 1.807) is 18.2 Å². The van der Waals surface area contributed by atoms with E-state index in [1.807, 2.05) is 31.2 Å². The highest BCUT2D eigenvalue weighted by Crippen LogP contribution is 2.62. The highest BCUT2D eigenvalue weighted by Gasteiger charge is 2.57. The summed E-state index contributed by atoms with van der Waals surface area (Å²) in [4.78, 5) is 35.4. The maximum atomic E-state index is 11.8. The Morgan fingerprint density at radius 2 is 1.29 bits per heavy atom. The number of benzene rings is 2. The van der Waals surface area contributed by atoms with Crippen LogP contribution in [0.1, 0.15) is 33.3 Å². The molecule has 0 amide bonds. The molecule has 0 spiro atoms. The fourth-order valence-corrected chi connectivity index (χ4v) is 5.08. The van der Waals surface area contributed by atoms with E-state index in [0.717, 1.165) is 37.5 Å². The van der Waals surface area contributed by atoms with Gasteiger partial charge in [-0.15, -0.1) is 0 Å². The largest absolute Gasteiger partial charge is 0.589 e. The minimum Gasteiger partial charge on any atom is -0.247 e. The van der Waals surface area contributed by atoms with Gasteiger partial charge in [-0.25, -0.2) is 28.0 Å². The minimum absolute atomic E-state index is 0.364. The van der Waals surface area contributed by atoms with Crippen molar-refractivity contribution in [2.75, 3.05) is 0 Å². The van der Waals surface area contributed by atoms with Gasteiger partial charge >= 0.3 is 25.9 Å². The van der Waals surface area contributed by atoms with Crippen molar-refractivity contribution in [2.24, 2.45) is 0 Å². The van der Waals surface area contributed by atoms with Crippen LogP contribution in [0.2, 0.25) is 5.02 Å². The summed E-state index contributed by atoms with van der Waals surface area (Å²) in [5, 5.41) is 0.957. The molecule has 2 aromatic rings. The zero-order valence-corrected chi connectivity index (χ0v) is 17.7. The fourth-order valence-electron chi connectivity index (χ4n) is 2.65. The summed E-state index contributed by atoms with van der Waals surface area (Å²) in [6.07, 6.45) is 0.543. The predicted octanol–water partition coefficient (Wildman–Crippen LogP) is 4.65. The molecular formula is C20H21ClO6P+. The number of carbonyl (C=O) groups excluding carboxylic acids is 3. The van der Waals surface area contributed by atoms with Crippen molar-refractivity contribution in [3.05, 3.63) is 53.1 Å². The topological polar surface area (TPSA) is 78.9 Å². The van der Waals surface area contributed by atoms with Crippen molar-refractivity contribution in [1.82, 2.24) is 0 Å². The molecule has 0 aromatic heterocycles. The van der Waals surface area contributed by atoms with Crippen molar-refractivity contribution in [2.45, 2.75) is 34.1 Å². The van der Waals surface area contributed by atoms with Crippen LogP contribution in [-0.4, -0.2) is 17.9 Å². The average Bonchev–Trinajstić information content (AvgIpc) is 2.60. The van der Waals surface area contributed by atoms with Gasteiger partial charge in [0.05, 0.1) is 0 Å². The van der Waals surface area contributed by atoms with Crippen LogP contribution in [-0.2, 0) is 34.4 Å². The molecule has 0 fully saturated rings. The second kappa shape index (κ2) is 9.18. The van der Waals surface area contributed by atoms with Crippen molar-refractivity contribution < 1.29 is 28.0 Å². The Labute approximate surface area is 169 Å². The summed E-state index contributed by atoms with van der Waals surface area (Å²) in [6.45, 7) is 5.38. The van der Waals surface area contributed by atoms with Gasteiger partial charge in [0, 0.05) is 31.4 Å². The van der Waals surface area contributed by atoms with Gasteiger partial charge in [-0.3, -0.25) is 0 Å². The Morgan fingerprint density at radius 3 is 1.71 bits per heavy atom. The Balaban J connectivity index is 2.72. The molecule has 0 saturated carbocycles. The summed E-state index contributed by atoms with van der Waals surface area (Å²) in [7, 11) is -3.80. The molecule has 0 N–H and O–H groups in total. The van der Waals surface area contributed by atoms with Gasteiger partial charge in [0.15, 0.2) is 0 Å². The summed E-state index contributed by atoms with van der Waals surface area (Å²) in [6, 6.07) is 12.6. The molecule has 0 radical (unpaired) electrons. The number of halogens is 1. The first-order valence-electron chi connectivity index (χ1n) is 8.56. The third-order valence-electron chi connectivity index (χ3n) is 3.69. The maximum absolute atomic E-state index is 11.8. The Hall–Kier alpha value is -2.43. The zero-order valence-electron chi connectivity index (χ0n) is 16.0. The quantitative estimate of drug-likeness (QED) is 0.629. The highest BCUT2D eigenvalue weighted by atomic mass is 35.5. The zero-order chi connectivity index (χ0) is 20.9. The molecule has 0 aliphatic rings. The molecule has 0 bridgehead atoms. The molecule has 0 aliphatic carbocycles. The van der Waals surface area contributed by atoms with Crippen LogP contribution in [0.15, 0.2) is 42.5 Å². The number of aryl methyl sites for hydroxylation is 1. The first-order chi connectivity index (χ1) is 13.2. The van der Waals surface area contributed by atoms with E-state index in [9.17, 15) is 14.4 Å². The summed E-state index contributed by atoms with van der Waals surface area (Å²) in [5.41, 5.74) is 2.34. The van der Waals surface area contributed by atoms with Gasteiger partial charge < -0.3 is 0 Å². The third-order valence-corrected chi connectivity index (χ3v) is 6.44. The van der Waals surface area contributed by atoms with Gasteiger partial charge in [0.1, 0.15) is 0 Å². The van der Waals surface area contributed by atoms with Crippen LogP contribution in [0.25, 0.3) is 11.1 Å². The van der Waals surface area contributed by atoms with Crippen LogP contribution in [0.3, 0.4) is 0 Å². The maximum Gasteiger partial charge on any atom is 0.589 e. The first-order valence-corrected chi connectivity index (χ1v) is 10.5. The third kappa shape index (κ3) is 5.31. The number of hydrogen-bond donors (Lipinski definition) is 0. The monoisotopic (exact) mass is 423 g/mol.